The Labute approximate surface area is 91.8 Å². The smallest absolute Gasteiger partial charge is 0.756 e. The predicted molar refractivity (Wildman–Crippen MR) is 24.1 cm³/mol. The molecule has 0 spiro atoms. The molecule has 0 aromatic rings. The van der Waals surface area contributed by atoms with Crippen molar-refractivity contribution in [2.24, 2.45) is 0 Å². The topological polar surface area (TPSA) is 161 Å². The number of phosphoric acid groups is 2. The molecule has 0 aromatic heterocycles. The van der Waals surface area contributed by atoms with Crippen molar-refractivity contribution < 1.29 is 76.2 Å². The Morgan fingerprint density at radius 1 is 0.750 bits per heavy atom. The molecule has 0 unspecified atom stereocenters. The van der Waals surface area contributed by atoms with Crippen LogP contribution in [0.25, 0.3) is 0 Å². The summed E-state index contributed by atoms with van der Waals surface area (Å²) in [6, 6.07) is 0. The molecule has 0 aromatic carbocycles. The van der Waals surface area contributed by atoms with Gasteiger partial charge in [-0.1, -0.05) is 0 Å². The zero-order valence-corrected chi connectivity index (χ0v) is 8.11. The Hall–Kier alpha value is 1.41. The van der Waals surface area contributed by atoms with Gasteiger partial charge in [0.05, 0.1) is 0 Å². The maximum absolute atomic E-state index is 8.77. The molecular weight excluding hydrogens is 204 g/mol. The van der Waals surface area contributed by atoms with Crippen LogP contribution in [-0.4, -0.2) is 19.6 Å². The van der Waals surface area contributed by atoms with Crippen LogP contribution in [0.2, 0.25) is 0 Å². The van der Waals surface area contributed by atoms with E-state index in [1.54, 1.807) is 0 Å². The SMILES string of the molecule is O=P([O-])(O)O.O=P([O-])(O)O.[Li+].[Li+]. The Morgan fingerprint density at radius 3 is 0.750 bits per heavy atom. The van der Waals surface area contributed by atoms with Crippen LogP contribution in [-0.2, 0) is 9.13 Å². The molecule has 12 heavy (non-hydrogen) atoms. The van der Waals surface area contributed by atoms with Gasteiger partial charge in [0.1, 0.15) is 0 Å². The molecule has 0 amide bonds. The average Bonchev–Trinajstić information content (AvgIpc) is 1.12. The first-order chi connectivity index (χ1) is 4.00. The monoisotopic (exact) mass is 208 g/mol. The Kier molecular flexibility index (Phi) is 17.5. The molecule has 0 heterocycles. The van der Waals surface area contributed by atoms with Crippen molar-refractivity contribution in [3.8, 4) is 0 Å². The summed E-state index contributed by atoms with van der Waals surface area (Å²) in [7, 11) is -9.78. The van der Waals surface area contributed by atoms with Crippen LogP contribution >= 0.6 is 15.6 Å². The minimum Gasteiger partial charge on any atom is -0.756 e. The third-order valence-corrected chi connectivity index (χ3v) is 0. The van der Waals surface area contributed by atoms with E-state index in [4.69, 9.17) is 38.5 Å². The summed E-state index contributed by atoms with van der Waals surface area (Å²) in [5.74, 6) is 0. The Bertz CT molecular complexity index is 127. The summed E-state index contributed by atoms with van der Waals surface area (Å²) in [4.78, 5) is 45.8. The molecule has 0 atom stereocenters. The van der Waals surface area contributed by atoms with E-state index in [0.717, 1.165) is 0 Å². The minimum absolute atomic E-state index is 0. The van der Waals surface area contributed by atoms with E-state index in [1.165, 1.54) is 0 Å². The van der Waals surface area contributed by atoms with Crippen molar-refractivity contribution in [1.29, 1.82) is 0 Å². The molecule has 4 N–H and O–H groups in total. The Balaban J connectivity index is -0.0000000457. The fraction of sp³-hybridized carbons (Fsp3) is 0. The van der Waals surface area contributed by atoms with Gasteiger partial charge in [-0.15, -0.1) is 0 Å². The van der Waals surface area contributed by atoms with Crippen LogP contribution in [0.15, 0.2) is 0 Å². The number of rotatable bonds is 0. The van der Waals surface area contributed by atoms with Gasteiger partial charge in [-0.05, 0) is 0 Å². The molecule has 0 saturated heterocycles. The summed E-state index contributed by atoms with van der Waals surface area (Å²) in [5, 5.41) is 0. The zero-order chi connectivity index (χ0) is 9.00. The van der Waals surface area contributed by atoms with Crippen LogP contribution in [0.1, 0.15) is 0 Å². The van der Waals surface area contributed by atoms with Gasteiger partial charge in [0.15, 0.2) is 0 Å². The maximum Gasteiger partial charge on any atom is 1.00 e. The maximum atomic E-state index is 8.77. The average molecular weight is 208 g/mol. The molecule has 12 heteroatoms. The van der Waals surface area contributed by atoms with E-state index >= 15 is 0 Å². The van der Waals surface area contributed by atoms with Crippen molar-refractivity contribution in [3.05, 3.63) is 0 Å². The first-order valence-electron chi connectivity index (χ1n) is 1.53. The van der Waals surface area contributed by atoms with Gasteiger partial charge in [-0.3, -0.25) is 9.13 Å². The van der Waals surface area contributed by atoms with Gasteiger partial charge < -0.3 is 29.4 Å². The molecule has 0 aliphatic rings. The van der Waals surface area contributed by atoms with E-state index in [1.807, 2.05) is 0 Å². The van der Waals surface area contributed by atoms with Crippen molar-refractivity contribution in [2.45, 2.75) is 0 Å². The second-order valence-corrected chi connectivity index (χ2v) is 2.94. The van der Waals surface area contributed by atoms with Gasteiger partial charge in [-0.25, -0.2) is 0 Å². The molecule has 64 valence electrons. The first-order valence-corrected chi connectivity index (χ1v) is 4.59. The third-order valence-electron chi connectivity index (χ3n) is 0. The molecule has 0 bridgehead atoms. The standard InChI is InChI=1S/2Li.2H3O4P/c;;2*1-5(2,3)4/h;;2*(H3,1,2,3,4)/q2*+1;;/p-2. The van der Waals surface area contributed by atoms with Crippen LogP contribution in [0.3, 0.4) is 0 Å². The van der Waals surface area contributed by atoms with Crippen LogP contribution in [0.4, 0.5) is 0 Å². The predicted octanol–water partition coefficient (Wildman–Crippen LogP) is -9.11. The molecule has 0 radical (unpaired) electrons. The quantitative estimate of drug-likeness (QED) is 0.225. The largest absolute Gasteiger partial charge is 1.00 e. The summed E-state index contributed by atoms with van der Waals surface area (Å²) in [6.07, 6.45) is 0. The van der Waals surface area contributed by atoms with E-state index in [2.05, 4.69) is 0 Å². The molecule has 0 rings (SSSR count). The van der Waals surface area contributed by atoms with Crippen LogP contribution in [0.5, 0.6) is 0 Å². The fourth-order valence-corrected chi connectivity index (χ4v) is 0. The van der Waals surface area contributed by atoms with E-state index in [9.17, 15) is 0 Å². The molecule has 0 saturated carbocycles. The third kappa shape index (κ3) is 619. The summed E-state index contributed by atoms with van der Waals surface area (Å²) < 4.78 is 17.5. The molecule has 0 aliphatic carbocycles. The molecule has 8 nitrogen and oxygen atoms in total. The van der Waals surface area contributed by atoms with Crippen molar-refractivity contribution in [3.63, 3.8) is 0 Å². The van der Waals surface area contributed by atoms with Crippen molar-refractivity contribution in [1.82, 2.24) is 0 Å². The Morgan fingerprint density at radius 2 is 0.750 bits per heavy atom. The van der Waals surface area contributed by atoms with Gasteiger partial charge in [0.25, 0.3) is 15.6 Å². The molecular formula is H4Li2O8P2. The van der Waals surface area contributed by atoms with Crippen LogP contribution < -0.4 is 47.5 Å². The normalized spacial score (nSPS) is 9.83. The summed E-state index contributed by atoms with van der Waals surface area (Å²) >= 11 is 0. The van der Waals surface area contributed by atoms with Gasteiger partial charge >= 0.3 is 37.7 Å². The van der Waals surface area contributed by atoms with Crippen LogP contribution in [0, 0.1) is 0 Å². The summed E-state index contributed by atoms with van der Waals surface area (Å²) in [5.41, 5.74) is 0. The van der Waals surface area contributed by atoms with E-state index in [0.29, 0.717) is 0 Å². The zero-order valence-electron chi connectivity index (χ0n) is 6.32. The second-order valence-electron chi connectivity index (χ2n) is 0.981. The van der Waals surface area contributed by atoms with Crippen molar-refractivity contribution in [2.75, 3.05) is 0 Å². The second kappa shape index (κ2) is 8.99. The number of hydrogen-bond donors (Lipinski definition) is 4. The van der Waals surface area contributed by atoms with Gasteiger partial charge in [0.2, 0.25) is 0 Å². The van der Waals surface area contributed by atoms with Gasteiger partial charge in [0, 0.05) is 0 Å². The minimum atomic E-state index is -4.89. The van der Waals surface area contributed by atoms with E-state index < -0.39 is 15.6 Å². The van der Waals surface area contributed by atoms with Gasteiger partial charge in [-0.2, -0.15) is 0 Å². The van der Waals surface area contributed by atoms with Crippen molar-refractivity contribution >= 4 is 15.6 Å². The fourth-order valence-electron chi connectivity index (χ4n) is 0. The first kappa shape index (κ1) is 23.3. The number of hydrogen-bond acceptors (Lipinski definition) is 4. The summed E-state index contributed by atoms with van der Waals surface area (Å²) in [6.45, 7) is 0. The van der Waals surface area contributed by atoms with E-state index in [-0.39, 0.29) is 37.7 Å². The molecule has 0 fully saturated rings. The molecule has 0 aliphatic heterocycles.